The molecule has 0 aliphatic rings. The van der Waals surface area contributed by atoms with Crippen LogP contribution in [0, 0.1) is 0 Å². The predicted octanol–water partition coefficient (Wildman–Crippen LogP) is 1.46. The molecule has 0 radical (unpaired) electrons. The highest BCUT2D eigenvalue weighted by Crippen LogP contribution is 2.08. The van der Waals surface area contributed by atoms with Crippen molar-refractivity contribution in [2.75, 3.05) is 13.7 Å². The van der Waals surface area contributed by atoms with Crippen LogP contribution in [0.15, 0.2) is 12.2 Å². The van der Waals surface area contributed by atoms with Crippen LogP contribution in [0.4, 0.5) is 0 Å². The molecule has 0 saturated carbocycles. The summed E-state index contributed by atoms with van der Waals surface area (Å²) in [4.78, 5) is 20.5. The summed E-state index contributed by atoms with van der Waals surface area (Å²) in [5.74, 6) is -0.488. The predicted molar refractivity (Wildman–Crippen MR) is 47.9 cm³/mol. The summed E-state index contributed by atoms with van der Waals surface area (Å²) in [5.41, 5.74) is -0.164. The van der Waals surface area contributed by atoms with Crippen LogP contribution in [-0.2, 0) is 19.3 Å². The maximum absolute atomic E-state index is 10.8. The van der Waals surface area contributed by atoms with Crippen molar-refractivity contribution in [3.8, 4) is 0 Å². The van der Waals surface area contributed by atoms with Gasteiger partial charge in [-0.1, -0.05) is 6.58 Å². The fraction of sp³-hybridized carbons (Fsp3) is 0.667. The average Bonchev–Trinajstić information content (AvgIpc) is 2.00. The zero-order chi connectivity index (χ0) is 10.5. The topological polar surface area (TPSA) is 44.8 Å². The van der Waals surface area contributed by atoms with Gasteiger partial charge in [0.25, 0.3) is 0 Å². The molecule has 4 nitrogen and oxygen atoms in total. The molecule has 0 heterocycles. The molecule has 0 spiro atoms. The molecular formula is C9H16O4. The van der Waals surface area contributed by atoms with Gasteiger partial charge in [0.05, 0.1) is 18.3 Å². The fourth-order valence-corrected chi connectivity index (χ4v) is 0.481. The van der Waals surface area contributed by atoms with Gasteiger partial charge in [0.2, 0.25) is 0 Å². The molecule has 0 amide bonds. The lowest BCUT2D eigenvalue weighted by Gasteiger charge is -2.17. The number of ether oxygens (including phenoxy) is 1. The normalized spacial score (nSPS) is 11.1. The molecule has 4 heteroatoms. The van der Waals surface area contributed by atoms with E-state index in [0.29, 0.717) is 0 Å². The molecule has 0 bridgehead atoms. The van der Waals surface area contributed by atoms with E-state index >= 15 is 0 Å². The average molecular weight is 188 g/mol. The van der Waals surface area contributed by atoms with Crippen LogP contribution >= 0.6 is 0 Å². The molecule has 0 unspecified atom stereocenters. The number of methoxy groups -OCH3 is 1. The van der Waals surface area contributed by atoms with E-state index in [-0.39, 0.29) is 12.2 Å². The number of carbonyl (C=O) groups is 1. The van der Waals surface area contributed by atoms with E-state index in [9.17, 15) is 4.79 Å². The van der Waals surface area contributed by atoms with Crippen LogP contribution in [0.1, 0.15) is 20.8 Å². The number of esters is 1. The quantitative estimate of drug-likeness (QED) is 0.290. The van der Waals surface area contributed by atoms with Gasteiger partial charge in [-0.25, -0.2) is 14.6 Å². The molecule has 0 saturated heterocycles. The van der Waals surface area contributed by atoms with E-state index in [4.69, 9.17) is 9.78 Å². The lowest BCUT2D eigenvalue weighted by Crippen LogP contribution is -2.21. The minimum Gasteiger partial charge on any atom is -0.466 e. The minimum atomic E-state index is -0.488. The Hall–Kier alpha value is -0.870. The van der Waals surface area contributed by atoms with Crippen LogP contribution in [0.2, 0.25) is 0 Å². The van der Waals surface area contributed by atoms with Gasteiger partial charge in [0, 0.05) is 0 Å². The Morgan fingerprint density at radius 3 is 2.31 bits per heavy atom. The number of rotatable bonds is 4. The van der Waals surface area contributed by atoms with Gasteiger partial charge in [-0.3, -0.25) is 0 Å². The highest BCUT2D eigenvalue weighted by atomic mass is 17.2. The van der Waals surface area contributed by atoms with Gasteiger partial charge in [0.15, 0.2) is 0 Å². The molecular weight excluding hydrogens is 172 g/mol. The van der Waals surface area contributed by atoms with Crippen molar-refractivity contribution < 1.29 is 19.3 Å². The van der Waals surface area contributed by atoms with Crippen molar-refractivity contribution in [1.29, 1.82) is 0 Å². The number of hydrogen-bond acceptors (Lipinski definition) is 4. The summed E-state index contributed by atoms with van der Waals surface area (Å²) >= 11 is 0. The zero-order valence-electron chi connectivity index (χ0n) is 8.55. The Morgan fingerprint density at radius 2 is 1.92 bits per heavy atom. The molecule has 0 N–H and O–H groups in total. The zero-order valence-corrected chi connectivity index (χ0v) is 8.55. The van der Waals surface area contributed by atoms with E-state index in [2.05, 4.69) is 11.3 Å². The third-order valence-corrected chi connectivity index (χ3v) is 1.02. The van der Waals surface area contributed by atoms with Crippen molar-refractivity contribution in [1.82, 2.24) is 0 Å². The highest BCUT2D eigenvalue weighted by Gasteiger charge is 2.13. The molecule has 0 rings (SSSR count). The lowest BCUT2D eigenvalue weighted by atomic mass is 10.2. The van der Waals surface area contributed by atoms with E-state index < -0.39 is 11.6 Å². The monoisotopic (exact) mass is 188 g/mol. The molecule has 0 aliphatic heterocycles. The molecule has 0 aromatic heterocycles. The first kappa shape index (κ1) is 12.1. The summed E-state index contributed by atoms with van der Waals surface area (Å²) in [6, 6.07) is 0. The van der Waals surface area contributed by atoms with E-state index in [1.807, 2.05) is 20.8 Å². The Kier molecular flexibility index (Phi) is 4.66. The van der Waals surface area contributed by atoms with Gasteiger partial charge in [0.1, 0.15) is 6.61 Å². The van der Waals surface area contributed by atoms with E-state index in [0.717, 1.165) is 0 Å². The first-order valence-corrected chi connectivity index (χ1v) is 3.93. The van der Waals surface area contributed by atoms with Gasteiger partial charge in [-0.2, -0.15) is 0 Å². The molecule has 0 atom stereocenters. The summed E-state index contributed by atoms with van der Waals surface area (Å²) < 4.78 is 4.42. The second-order valence-corrected chi connectivity index (χ2v) is 3.55. The smallest absolute Gasteiger partial charge is 0.335 e. The van der Waals surface area contributed by atoms with Crippen molar-refractivity contribution in [3.63, 3.8) is 0 Å². The van der Waals surface area contributed by atoms with Crippen molar-refractivity contribution in [3.05, 3.63) is 12.2 Å². The molecule has 0 aromatic carbocycles. The third kappa shape index (κ3) is 6.31. The Balaban J connectivity index is 3.66. The summed E-state index contributed by atoms with van der Waals surface area (Å²) in [5, 5.41) is 0. The van der Waals surface area contributed by atoms with Crippen molar-refractivity contribution in [2.24, 2.45) is 0 Å². The second kappa shape index (κ2) is 4.99. The maximum Gasteiger partial charge on any atom is 0.335 e. The van der Waals surface area contributed by atoms with Crippen LogP contribution in [-0.4, -0.2) is 25.3 Å². The van der Waals surface area contributed by atoms with Crippen LogP contribution in [0.3, 0.4) is 0 Å². The summed E-state index contributed by atoms with van der Waals surface area (Å²) in [7, 11) is 1.29. The second-order valence-electron chi connectivity index (χ2n) is 3.55. The van der Waals surface area contributed by atoms with Crippen LogP contribution in [0.25, 0.3) is 0 Å². The first-order valence-electron chi connectivity index (χ1n) is 3.93. The number of carbonyl (C=O) groups excluding carboxylic acids is 1. The molecule has 76 valence electrons. The molecule has 13 heavy (non-hydrogen) atoms. The minimum absolute atomic E-state index is 0.0178. The molecule has 0 aromatic rings. The maximum atomic E-state index is 10.8. The largest absolute Gasteiger partial charge is 0.466 e. The Morgan fingerprint density at radius 1 is 1.38 bits per heavy atom. The van der Waals surface area contributed by atoms with Gasteiger partial charge < -0.3 is 4.74 Å². The van der Waals surface area contributed by atoms with Crippen molar-refractivity contribution in [2.45, 2.75) is 26.4 Å². The van der Waals surface area contributed by atoms with E-state index in [1.54, 1.807) is 0 Å². The SMILES string of the molecule is C=C(COOC(C)(C)C)C(=O)OC. The summed E-state index contributed by atoms with van der Waals surface area (Å²) in [6.07, 6.45) is 0. The fourth-order valence-electron chi connectivity index (χ4n) is 0.481. The van der Waals surface area contributed by atoms with Gasteiger partial charge in [-0.05, 0) is 20.8 Å². The number of hydrogen-bond donors (Lipinski definition) is 0. The summed E-state index contributed by atoms with van der Waals surface area (Å²) in [6.45, 7) is 9.01. The highest BCUT2D eigenvalue weighted by molar-refractivity contribution is 5.87. The Labute approximate surface area is 78.4 Å². The van der Waals surface area contributed by atoms with Gasteiger partial charge >= 0.3 is 5.97 Å². The Bertz CT molecular complexity index is 190. The van der Waals surface area contributed by atoms with Crippen LogP contribution in [0.5, 0.6) is 0 Å². The third-order valence-electron chi connectivity index (χ3n) is 1.02. The van der Waals surface area contributed by atoms with Crippen molar-refractivity contribution >= 4 is 5.97 Å². The van der Waals surface area contributed by atoms with E-state index in [1.165, 1.54) is 7.11 Å². The molecule has 0 aliphatic carbocycles. The van der Waals surface area contributed by atoms with Crippen LogP contribution < -0.4 is 0 Å². The standard InChI is InChI=1S/C9H16O4/c1-7(8(10)11-5)6-12-13-9(2,3)4/h1,6H2,2-5H3. The first-order chi connectivity index (χ1) is 5.87. The van der Waals surface area contributed by atoms with Gasteiger partial charge in [-0.15, -0.1) is 0 Å². The lowest BCUT2D eigenvalue weighted by molar-refractivity contribution is -0.343. The molecule has 0 fully saturated rings.